The van der Waals surface area contributed by atoms with E-state index in [1.807, 2.05) is 32.9 Å². The molecule has 0 aromatic carbocycles. The molecule has 0 spiro atoms. The lowest BCUT2D eigenvalue weighted by Crippen LogP contribution is -2.41. The zero-order chi connectivity index (χ0) is 13.0. The van der Waals surface area contributed by atoms with Crippen LogP contribution in [0.4, 0.5) is 0 Å². The molecule has 0 radical (unpaired) electrons. The predicted molar refractivity (Wildman–Crippen MR) is 66.8 cm³/mol. The van der Waals surface area contributed by atoms with E-state index in [-0.39, 0.29) is 11.9 Å². The maximum Gasteiger partial charge on any atom is 0.272 e. The number of aromatic nitrogens is 1. The Bertz CT molecular complexity index is 389. The number of aryl methyl sites for hydroxylation is 1. The van der Waals surface area contributed by atoms with Crippen molar-refractivity contribution in [2.75, 3.05) is 6.54 Å². The molecule has 0 saturated heterocycles. The Morgan fingerprint density at radius 2 is 2.06 bits per heavy atom. The summed E-state index contributed by atoms with van der Waals surface area (Å²) in [6.07, 6.45) is -0.536. The highest BCUT2D eigenvalue weighted by molar-refractivity contribution is 5.92. The summed E-state index contributed by atoms with van der Waals surface area (Å²) in [4.78, 5) is 18.1. The fourth-order valence-electron chi connectivity index (χ4n) is 1.62. The van der Waals surface area contributed by atoms with Crippen molar-refractivity contribution in [1.82, 2.24) is 9.88 Å². The Morgan fingerprint density at radius 1 is 1.41 bits per heavy atom. The van der Waals surface area contributed by atoms with Crippen LogP contribution in [0.2, 0.25) is 0 Å². The van der Waals surface area contributed by atoms with Gasteiger partial charge in [-0.25, -0.2) is 4.98 Å². The Labute approximate surface area is 102 Å². The molecule has 0 aliphatic carbocycles. The van der Waals surface area contributed by atoms with E-state index in [2.05, 4.69) is 4.98 Å². The maximum atomic E-state index is 12.2. The molecule has 4 nitrogen and oxygen atoms in total. The van der Waals surface area contributed by atoms with E-state index in [0.29, 0.717) is 12.2 Å². The minimum absolute atomic E-state index is 0.0411. The van der Waals surface area contributed by atoms with Crippen LogP contribution in [-0.2, 0) is 0 Å². The minimum atomic E-state index is -0.536. The highest BCUT2D eigenvalue weighted by Gasteiger charge is 2.21. The Kier molecular flexibility index (Phi) is 4.63. The molecule has 17 heavy (non-hydrogen) atoms. The molecule has 1 N–H and O–H groups in total. The first kappa shape index (κ1) is 13.6. The molecular weight excluding hydrogens is 216 g/mol. The van der Waals surface area contributed by atoms with Crippen molar-refractivity contribution in [2.24, 2.45) is 0 Å². The van der Waals surface area contributed by atoms with Gasteiger partial charge in [0.1, 0.15) is 5.69 Å². The molecular formula is C13H20N2O2. The van der Waals surface area contributed by atoms with E-state index in [4.69, 9.17) is 0 Å². The lowest BCUT2D eigenvalue weighted by atomic mass is 10.2. The third-order valence-electron chi connectivity index (χ3n) is 2.45. The fourth-order valence-corrected chi connectivity index (χ4v) is 1.62. The molecule has 0 saturated carbocycles. The number of carbonyl (C=O) groups is 1. The summed E-state index contributed by atoms with van der Waals surface area (Å²) in [6.45, 7) is 7.70. The molecule has 0 aliphatic rings. The molecule has 0 aliphatic heterocycles. The topological polar surface area (TPSA) is 53.4 Å². The highest BCUT2D eigenvalue weighted by Crippen LogP contribution is 2.08. The molecule has 0 bridgehead atoms. The number of aliphatic hydroxyl groups is 1. The lowest BCUT2D eigenvalue weighted by Gasteiger charge is -2.27. The standard InChI is InChI=1S/C13H20N2O2/c1-9(2)15(8-11(4)16)13(17)12-7-5-6-10(3)14-12/h5-7,9,11,16H,8H2,1-4H3. The van der Waals surface area contributed by atoms with Crippen molar-refractivity contribution >= 4 is 5.91 Å². The molecule has 1 unspecified atom stereocenters. The first-order chi connectivity index (χ1) is 7.91. The first-order valence-corrected chi connectivity index (χ1v) is 5.84. The van der Waals surface area contributed by atoms with Crippen molar-refractivity contribution in [1.29, 1.82) is 0 Å². The van der Waals surface area contributed by atoms with Gasteiger partial charge in [-0.3, -0.25) is 4.79 Å². The van der Waals surface area contributed by atoms with Crippen LogP contribution in [0.1, 0.15) is 37.0 Å². The fraction of sp³-hybridized carbons (Fsp3) is 0.538. The van der Waals surface area contributed by atoms with Crippen molar-refractivity contribution in [2.45, 2.75) is 39.8 Å². The lowest BCUT2D eigenvalue weighted by molar-refractivity contribution is 0.0573. The van der Waals surface area contributed by atoms with E-state index in [9.17, 15) is 9.90 Å². The van der Waals surface area contributed by atoms with Gasteiger partial charge in [-0.1, -0.05) is 6.07 Å². The molecule has 1 heterocycles. The van der Waals surface area contributed by atoms with Gasteiger partial charge < -0.3 is 10.0 Å². The number of aliphatic hydroxyl groups excluding tert-OH is 1. The number of rotatable bonds is 4. The van der Waals surface area contributed by atoms with Gasteiger partial charge in [-0.05, 0) is 39.8 Å². The number of amides is 1. The largest absolute Gasteiger partial charge is 0.392 e. The summed E-state index contributed by atoms with van der Waals surface area (Å²) >= 11 is 0. The van der Waals surface area contributed by atoms with Crippen LogP contribution in [0, 0.1) is 6.92 Å². The van der Waals surface area contributed by atoms with Crippen molar-refractivity contribution < 1.29 is 9.90 Å². The van der Waals surface area contributed by atoms with Gasteiger partial charge >= 0.3 is 0 Å². The average molecular weight is 236 g/mol. The van der Waals surface area contributed by atoms with Gasteiger partial charge in [0.15, 0.2) is 0 Å². The summed E-state index contributed by atoms with van der Waals surface area (Å²) in [7, 11) is 0. The molecule has 94 valence electrons. The van der Waals surface area contributed by atoms with Crippen LogP contribution in [0.15, 0.2) is 18.2 Å². The molecule has 1 atom stereocenters. The molecule has 0 fully saturated rings. The third-order valence-corrected chi connectivity index (χ3v) is 2.45. The first-order valence-electron chi connectivity index (χ1n) is 5.84. The number of hydrogen-bond donors (Lipinski definition) is 1. The van der Waals surface area contributed by atoms with Crippen LogP contribution in [-0.4, -0.2) is 39.6 Å². The molecule has 4 heteroatoms. The van der Waals surface area contributed by atoms with Gasteiger partial charge in [0.05, 0.1) is 6.10 Å². The quantitative estimate of drug-likeness (QED) is 0.864. The smallest absolute Gasteiger partial charge is 0.272 e. The van der Waals surface area contributed by atoms with Crippen molar-refractivity contribution in [3.63, 3.8) is 0 Å². The molecule has 1 aromatic heterocycles. The van der Waals surface area contributed by atoms with Crippen LogP contribution in [0.3, 0.4) is 0 Å². The molecule has 1 aromatic rings. The van der Waals surface area contributed by atoms with Gasteiger partial charge in [0, 0.05) is 18.3 Å². The highest BCUT2D eigenvalue weighted by atomic mass is 16.3. The normalized spacial score (nSPS) is 12.6. The zero-order valence-electron chi connectivity index (χ0n) is 10.8. The van der Waals surface area contributed by atoms with Crippen LogP contribution in [0.25, 0.3) is 0 Å². The van der Waals surface area contributed by atoms with E-state index >= 15 is 0 Å². The van der Waals surface area contributed by atoms with Gasteiger partial charge in [0.25, 0.3) is 5.91 Å². The van der Waals surface area contributed by atoms with Gasteiger partial charge in [-0.15, -0.1) is 0 Å². The summed E-state index contributed by atoms with van der Waals surface area (Å²) in [5.74, 6) is -0.135. The molecule has 1 amide bonds. The van der Waals surface area contributed by atoms with E-state index in [1.54, 1.807) is 17.9 Å². The van der Waals surface area contributed by atoms with E-state index in [0.717, 1.165) is 5.69 Å². The summed E-state index contributed by atoms with van der Waals surface area (Å²) < 4.78 is 0. The Morgan fingerprint density at radius 3 is 2.53 bits per heavy atom. The second-order valence-electron chi connectivity index (χ2n) is 4.56. The van der Waals surface area contributed by atoms with Crippen molar-refractivity contribution in [3.8, 4) is 0 Å². The second kappa shape index (κ2) is 5.77. The Balaban J connectivity index is 2.92. The maximum absolute atomic E-state index is 12.2. The number of carbonyl (C=O) groups excluding carboxylic acids is 1. The minimum Gasteiger partial charge on any atom is -0.392 e. The van der Waals surface area contributed by atoms with Crippen molar-refractivity contribution in [3.05, 3.63) is 29.6 Å². The average Bonchev–Trinajstić information content (AvgIpc) is 2.24. The zero-order valence-corrected chi connectivity index (χ0v) is 10.8. The third kappa shape index (κ3) is 3.82. The number of nitrogens with zero attached hydrogens (tertiary/aromatic N) is 2. The predicted octanol–water partition coefficient (Wildman–Crippen LogP) is 1.62. The van der Waals surface area contributed by atoms with E-state index in [1.165, 1.54) is 0 Å². The summed E-state index contributed by atoms with van der Waals surface area (Å²) in [5.41, 5.74) is 1.25. The van der Waals surface area contributed by atoms with Gasteiger partial charge in [-0.2, -0.15) is 0 Å². The second-order valence-corrected chi connectivity index (χ2v) is 4.56. The van der Waals surface area contributed by atoms with Crippen LogP contribution >= 0.6 is 0 Å². The number of pyridine rings is 1. The Hall–Kier alpha value is -1.42. The van der Waals surface area contributed by atoms with Crippen LogP contribution in [0.5, 0.6) is 0 Å². The van der Waals surface area contributed by atoms with Crippen LogP contribution < -0.4 is 0 Å². The SMILES string of the molecule is Cc1cccc(C(=O)N(CC(C)O)C(C)C)n1. The monoisotopic (exact) mass is 236 g/mol. The number of hydrogen-bond acceptors (Lipinski definition) is 3. The summed E-state index contributed by atoms with van der Waals surface area (Å²) in [5, 5.41) is 9.41. The summed E-state index contributed by atoms with van der Waals surface area (Å²) in [6, 6.07) is 5.41. The molecule has 1 rings (SSSR count). The van der Waals surface area contributed by atoms with E-state index < -0.39 is 6.10 Å². The van der Waals surface area contributed by atoms with Gasteiger partial charge in [0.2, 0.25) is 0 Å².